The third kappa shape index (κ3) is 5.10. The lowest BCUT2D eigenvalue weighted by molar-refractivity contribution is -0.133. The summed E-state index contributed by atoms with van der Waals surface area (Å²) in [6.07, 6.45) is 1.77. The van der Waals surface area contributed by atoms with Gasteiger partial charge in [0.1, 0.15) is 11.3 Å². The molecule has 5 nitrogen and oxygen atoms in total. The van der Waals surface area contributed by atoms with Crippen molar-refractivity contribution in [2.45, 2.75) is 33.6 Å². The molecule has 21 heavy (non-hydrogen) atoms. The third-order valence-electron chi connectivity index (χ3n) is 3.06. The molecule has 0 saturated carbocycles. The van der Waals surface area contributed by atoms with Crippen LogP contribution < -0.4 is 4.74 Å². The number of rotatable bonds is 8. The summed E-state index contributed by atoms with van der Waals surface area (Å²) in [6.45, 7) is 7.08. The van der Waals surface area contributed by atoms with Gasteiger partial charge in [0.25, 0.3) is 5.91 Å². The molecule has 5 heteroatoms. The van der Waals surface area contributed by atoms with Crippen LogP contribution in [0.4, 0.5) is 0 Å². The van der Waals surface area contributed by atoms with E-state index in [9.17, 15) is 9.59 Å². The highest BCUT2D eigenvalue weighted by molar-refractivity contribution is 5.91. The Morgan fingerprint density at radius 2 is 1.81 bits per heavy atom. The van der Waals surface area contributed by atoms with Crippen molar-refractivity contribution in [2.24, 2.45) is 0 Å². The molecule has 0 bridgehead atoms. The number of carbonyl (C=O) groups excluding carboxylic acids is 1. The van der Waals surface area contributed by atoms with Crippen molar-refractivity contribution < 1.29 is 19.4 Å². The Bertz CT molecular complexity index is 493. The van der Waals surface area contributed by atoms with Crippen molar-refractivity contribution >= 4 is 11.9 Å². The second-order valence-corrected chi connectivity index (χ2v) is 4.97. The highest BCUT2D eigenvalue weighted by Crippen LogP contribution is 2.20. The summed E-state index contributed by atoms with van der Waals surface area (Å²) in [5.41, 5.74) is 0.921. The van der Waals surface area contributed by atoms with Gasteiger partial charge in [0.2, 0.25) is 0 Å². The summed E-state index contributed by atoms with van der Waals surface area (Å²) in [5.74, 6) is -0.940. The predicted octanol–water partition coefficient (Wildman–Crippen LogP) is 2.72. The Hall–Kier alpha value is -2.04. The van der Waals surface area contributed by atoms with Crippen molar-refractivity contribution in [1.82, 2.24) is 4.90 Å². The van der Waals surface area contributed by atoms with Crippen molar-refractivity contribution in [2.75, 3.05) is 19.7 Å². The molecule has 0 heterocycles. The Balaban J connectivity index is 2.74. The fourth-order valence-electron chi connectivity index (χ4n) is 2.07. The van der Waals surface area contributed by atoms with Crippen LogP contribution in [0.3, 0.4) is 0 Å². The van der Waals surface area contributed by atoms with Crippen molar-refractivity contribution in [3.63, 3.8) is 0 Å². The first-order valence-corrected chi connectivity index (χ1v) is 7.24. The van der Waals surface area contributed by atoms with Crippen molar-refractivity contribution in [1.29, 1.82) is 0 Å². The third-order valence-corrected chi connectivity index (χ3v) is 3.06. The van der Waals surface area contributed by atoms with E-state index in [-0.39, 0.29) is 23.8 Å². The van der Waals surface area contributed by atoms with E-state index in [1.807, 2.05) is 20.8 Å². The summed E-state index contributed by atoms with van der Waals surface area (Å²) in [4.78, 5) is 25.0. The molecule has 0 aromatic heterocycles. The largest absolute Gasteiger partial charge is 0.483 e. The average molecular weight is 293 g/mol. The van der Waals surface area contributed by atoms with Gasteiger partial charge in [-0.15, -0.1) is 0 Å². The van der Waals surface area contributed by atoms with Gasteiger partial charge >= 0.3 is 5.97 Å². The molecule has 0 spiro atoms. The van der Waals surface area contributed by atoms with Crippen molar-refractivity contribution in [3.05, 3.63) is 29.3 Å². The van der Waals surface area contributed by atoms with Crippen LogP contribution in [0.15, 0.2) is 18.2 Å². The van der Waals surface area contributed by atoms with Crippen LogP contribution in [-0.4, -0.2) is 41.6 Å². The Morgan fingerprint density at radius 1 is 1.19 bits per heavy atom. The number of carboxylic acid groups (broad SMARTS) is 1. The SMILES string of the molecule is CCCN(CCC)C(=O)COc1ccc(C)cc1C(=O)O. The highest BCUT2D eigenvalue weighted by Gasteiger charge is 2.16. The summed E-state index contributed by atoms with van der Waals surface area (Å²) in [7, 11) is 0. The minimum absolute atomic E-state index is 0.0836. The normalized spacial score (nSPS) is 10.2. The highest BCUT2D eigenvalue weighted by atomic mass is 16.5. The van der Waals surface area contributed by atoms with Gasteiger partial charge in [0.15, 0.2) is 6.61 Å². The quantitative estimate of drug-likeness (QED) is 0.800. The zero-order valence-corrected chi connectivity index (χ0v) is 12.9. The topological polar surface area (TPSA) is 66.8 Å². The van der Waals surface area contributed by atoms with Crippen LogP contribution >= 0.6 is 0 Å². The molecule has 0 unspecified atom stereocenters. The zero-order chi connectivity index (χ0) is 15.8. The first kappa shape index (κ1) is 17.0. The first-order valence-electron chi connectivity index (χ1n) is 7.24. The summed E-state index contributed by atoms with van der Waals surface area (Å²) >= 11 is 0. The maximum absolute atomic E-state index is 12.1. The van der Waals surface area contributed by atoms with E-state index >= 15 is 0 Å². The second kappa shape index (κ2) is 8.29. The maximum atomic E-state index is 12.1. The molecule has 1 rings (SSSR count). The lowest BCUT2D eigenvalue weighted by Gasteiger charge is -2.21. The summed E-state index contributed by atoms with van der Waals surface area (Å²) < 4.78 is 5.42. The van der Waals surface area contributed by atoms with Gasteiger partial charge < -0.3 is 14.7 Å². The molecule has 0 aliphatic rings. The first-order chi connectivity index (χ1) is 9.99. The number of nitrogens with zero attached hydrogens (tertiary/aromatic N) is 1. The minimum atomic E-state index is -1.06. The molecular formula is C16H23NO4. The molecule has 0 aliphatic carbocycles. The number of aryl methyl sites for hydroxylation is 1. The average Bonchev–Trinajstić information content (AvgIpc) is 2.45. The summed E-state index contributed by atoms with van der Waals surface area (Å²) in [6, 6.07) is 4.90. The van der Waals surface area contributed by atoms with E-state index in [0.29, 0.717) is 13.1 Å². The number of benzene rings is 1. The van der Waals surface area contributed by atoms with E-state index < -0.39 is 5.97 Å². The van der Waals surface area contributed by atoms with Gasteiger partial charge in [0, 0.05) is 13.1 Å². The monoisotopic (exact) mass is 293 g/mol. The van der Waals surface area contributed by atoms with Crippen LogP contribution in [-0.2, 0) is 4.79 Å². The lowest BCUT2D eigenvalue weighted by Crippen LogP contribution is -2.36. The van der Waals surface area contributed by atoms with Crippen LogP contribution in [0.1, 0.15) is 42.6 Å². The number of amides is 1. The number of hydrogen-bond acceptors (Lipinski definition) is 3. The van der Waals surface area contributed by atoms with Gasteiger partial charge in [-0.2, -0.15) is 0 Å². The Morgan fingerprint density at radius 3 is 2.33 bits per heavy atom. The van der Waals surface area contributed by atoms with Crippen molar-refractivity contribution in [3.8, 4) is 5.75 Å². The maximum Gasteiger partial charge on any atom is 0.339 e. The Labute approximate surface area is 125 Å². The second-order valence-electron chi connectivity index (χ2n) is 4.97. The van der Waals surface area contributed by atoms with Crippen LogP contribution in [0.2, 0.25) is 0 Å². The fraction of sp³-hybridized carbons (Fsp3) is 0.500. The standard InChI is InChI=1S/C16H23NO4/c1-4-8-17(9-5-2)15(18)11-21-14-7-6-12(3)10-13(14)16(19)20/h6-7,10H,4-5,8-9,11H2,1-3H3,(H,19,20). The van der Waals surface area contributed by atoms with E-state index in [1.165, 1.54) is 6.07 Å². The molecule has 0 fully saturated rings. The van der Waals surface area contributed by atoms with Gasteiger partial charge in [0.05, 0.1) is 0 Å². The van der Waals surface area contributed by atoms with E-state index in [2.05, 4.69) is 0 Å². The molecule has 1 aromatic carbocycles. The molecule has 1 amide bonds. The number of carbonyl (C=O) groups is 2. The molecule has 0 aliphatic heterocycles. The predicted molar refractivity (Wildman–Crippen MR) is 80.8 cm³/mol. The fourth-order valence-corrected chi connectivity index (χ4v) is 2.07. The van der Waals surface area contributed by atoms with Gasteiger partial charge in [-0.1, -0.05) is 25.5 Å². The van der Waals surface area contributed by atoms with Crippen LogP contribution in [0.5, 0.6) is 5.75 Å². The van der Waals surface area contributed by atoms with Gasteiger partial charge in [-0.05, 0) is 31.9 Å². The minimum Gasteiger partial charge on any atom is -0.483 e. The molecule has 0 atom stereocenters. The molecule has 1 aromatic rings. The number of carboxylic acids is 1. The number of ether oxygens (including phenoxy) is 1. The molecule has 1 N–H and O–H groups in total. The van der Waals surface area contributed by atoms with Gasteiger partial charge in [-0.25, -0.2) is 4.79 Å². The number of hydrogen-bond donors (Lipinski definition) is 1. The van der Waals surface area contributed by atoms with Crippen LogP contribution in [0, 0.1) is 6.92 Å². The van der Waals surface area contributed by atoms with E-state index in [4.69, 9.17) is 9.84 Å². The molecule has 0 saturated heterocycles. The van der Waals surface area contributed by atoms with E-state index in [1.54, 1.807) is 17.0 Å². The number of aromatic carboxylic acids is 1. The lowest BCUT2D eigenvalue weighted by atomic mass is 10.1. The Kier molecular flexibility index (Phi) is 6.72. The molecule has 0 radical (unpaired) electrons. The smallest absolute Gasteiger partial charge is 0.339 e. The van der Waals surface area contributed by atoms with Crippen LogP contribution in [0.25, 0.3) is 0 Å². The molecule has 116 valence electrons. The zero-order valence-electron chi connectivity index (χ0n) is 12.9. The molecular weight excluding hydrogens is 270 g/mol. The summed E-state index contributed by atoms with van der Waals surface area (Å²) in [5, 5.41) is 9.16. The van der Waals surface area contributed by atoms with Gasteiger partial charge in [-0.3, -0.25) is 4.79 Å². The van der Waals surface area contributed by atoms with E-state index in [0.717, 1.165) is 18.4 Å².